The number of halogens is 2. The second-order valence-corrected chi connectivity index (χ2v) is 5.65. The summed E-state index contributed by atoms with van der Waals surface area (Å²) >= 11 is 6.83. The summed E-state index contributed by atoms with van der Waals surface area (Å²) in [4.78, 5) is 11.8. The topological polar surface area (TPSA) is 41.0 Å². The van der Waals surface area contributed by atoms with Crippen molar-refractivity contribution in [2.24, 2.45) is 4.99 Å². The summed E-state index contributed by atoms with van der Waals surface area (Å²) in [5.74, 6) is 0. The molecule has 0 aliphatic carbocycles. The van der Waals surface area contributed by atoms with E-state index in [1.807, 2.05) is 36.4 Å². The van der Waals surface area contributed by atoms with Crippen LogP contribution in [0.15, 0.2) is 64.1 Å². The smallest absolute Gasteiger partial charge is 0.106 e. The lowest BCUT2D eigenvalue weighted by Crippen LogP contribution is -1.92. The van der Waals surface area contributed by atoms with E-state index in [4.69, 9.17) is 0 Å². The molecular formula is C14H9Br2N3. The molecule has 0 spiro atoms. The Morgan fingerprint density at radius 1 is 1.00 bits per heavy atom. The first kappa shape index (κ1) is 12.6. The summed E-state index contributed by atoms with van der Waals surface area (Å²) in [6.07, 6.45) is 7.50. The van der Waals surface area contributed by atoms with Gasteiger partial charge in [0.2, 0.25) is 0 Å². The summed E-state index contributed by atoms with van der Waals surface area (Å²) in [5.41, 5.74) is 4.07. The van der Waals surface area contributed by atoms with Gasteiger partial charge in [-0.3, -0.25) is 4.98 Å². The molecule has 3 heterocycles. The number of aliphatic imine (C=N–C) groups is 1. The second kappa shape index (κ2) is 5.27. The Balaban J connectivity index is 2.21. The molecule has 3 nitrogen and oxygen atoms in total. The zero-order valence-electron chi connectivity index (χ0n) is 9.77. The quantitative estimate of drug-likeness (QED) is 0.831. The van der Waals surface area contributed by atoms with Gasteiger partial charge < -0.3 is 4.98 Å². The van der Waals surface area contributed by atoms with E-state index < -0.39 is 0 Å². The highest BCUT2D eigenvalue weighted by molar-refractivity contribution is 9.18. The molecule has 0 fully saturated rings. The van der Waals surface area contributed by atoms with Gasteiger partial charge in [-0.1, -0.05) is 0 Å². The van der Waals surface area contributed by atoms with E-state index in [-0.39, 0.29) is 0 Å². The Morgan fingerprint density at radius 3 is 2.37 bits per heavy atom. The first-order valence-electron chi connectivity index (χ1n) is 5.66. The Morgan fingerprint density at radius 2 is 1.79 bits per heavy atom. The number of pyridine rings is 1. The monoisotopic (exact) mass is 377 g/mol. The van der Waals surface area contributed by atoms with E-state index >= 15 is 0 Å². The molecule has 0 unspecified atom stereocenters. The number of H-pyrrole nitrogens is 1. The molecule has 0 amide bonds. The third-order valence-corrected chi connectivity index (χ3v) is 3.66. The molecule has 1 N–H and O–H groups in total. The number of nitrogens with zero attached hydrogens (tertiary/aromatic N) is 2. The van der Waals surface area contributed by atoms with Gasteiger partial charge in [-0.05, 0) is 73.8 Å². The third-order valence-electron chi connectivity index (χ3n) is 2.75. The molecule has 0 radical (unpaired) electrons. The van der Waals surface area contributed by atoms with Crippen molar-refractivity contribution in [2.45, 2.75) is 0 Å². The molecule has 0 saturated heterocycles. The number of hydrogen-bond acceptors (Lipinski definition) is 2. The lowest BCUT2D eigenvalue weighted by Gasteiger charge is -2.07. The zero-order valence-corrected chi connectivity index (χ0v) is 12.9. The van der Waals surface area contributed by atoms with Crippen LogP contribution in [0, 0.1) is 0 Å². The summed E-state index contributed by atoms with van der Waals surface area (Å²) < 4.78 is 1.78. The highest BCUT2D eigenvalue weighted by Crippen LogP contribution is 2.30. The van der Waals surface area contributed by atoms with Crippen molar-refractivity contribution in [1.82, 2.24) is 9.97 Å². The van der Waals surface area contributed by atoms with Crippen molar-refractivity contribution in [3.05, 3.63) is 70.4 Å². The van der Waals surface area contributed by atoms with E-state index in [1.54, 1.807) is 12.4 Å². The SMILES string of the molecule is BrC1=NC(=C(c2ccncc2)c2ccc(Br)[nH]2)C=C1. The van der Waals surface area contributed by atoms with Gasteiger partial charge in [0, 0.05) is 23.7 Å². The van der Waals surface area contributed by atoms with E-state index in [1.165, 1.54) is 0 Å². The molecule has 19 heavy (non-hydrogen) atoms. The fourth-order valence-corrected chi connectivity index (χ4v) is 2.62. The Kier molecular flexibility index (Phi) is 3.48. The molecule has 3 rings (SSSR count). The molecular weight excluding hydrogens is 370 g/mol. The van der Waals surface area contributed by atoms with E-state index in [2.05, 4.69) is 46.8 Å². The van der Waals surface area contributed by atoms with Crippen molar-refractivity contribution in [3.8, 4) is 0 Å². The summed E-state index contributed by atoms with van der Waals surface area (Å²) in [7, 11) is 0. The first-order chi connectivity index (χ1) is 9.24. The summed E-state index contributed by atoms with van der Waals surface area (Å²) in [6.45, 7) is 0. The molecule has 1 aliphatic heterocycles. The minimum Gasteiger partial charge on any atom is -0.349 e. The van der Waals surface area contributed by atoms with E-state index in [9.17, 15) is 0 Å². The predicted molar refractivity (Wildman–Crippen MR) is 84.3 cm³/mol. The fraction of sp³-hybridized carbons (Fsp3) is 0. The minimum atomic E-state index is 0.833. The number of hydrogen-bond donors (Lipinski definition) is 1. The molecule has 1 aliphatic rings. The fourth-order valence-electron chi connectivity index (χ4n) is 1.95. The van der Waals surface area contributed by atoms with Gasteiger partial charge in [-0.15, -0.1) is 0 Å². The van der Waals surface area contributed by atoms with E-state index in [0.29, 0.717) is 0 Å². The Hall–Kier alpha value is -1.46. The number of aromatic nitrogens is 2. The maximum atomic E-state index is 4.50. The van der Waals surface area contributed by atoms with Crippen molar-refractivity contribution >= 4 is 42.1 Å². The van der Waals surface area contributed by atoms with Crippen LogP contribution in [0.1, 0.15) is 11.3 Å². The molecule has 2 aromatic rings. The number of rotatable bonds is 2. The van der Waals surface area contributed by atoms with E-state index in [0.717, 1.165) is 31.8 Å². The molecule has 0 saturated carbocycles. The van der Waals surface area contributed by atoms with Crippen LogP contribution >= 0.6 is 31.9 Å². The normalized spacial score (nSPS) is 16.6. The third kappa shape index (κ3) is 2.62. The van der Waals surface area contributed by atoms with Crippen molar-refractivity contribution in [1.29, 1.82) is 0 Å². The van der Waals surface area contributed by atoms with Gasteiger partial charge in [-0.2, -0.15) is 0 Å². The Labute approximate surface area is 127 Å². The average molecular weight is 379 g/mol. The van der Waals surface area contributed by atoms with Crippen LogP contribution in [-0.4, -0.2) is 14.6 Å². The van der Waals surface area contributed by atoms with Gasteiger partial charge in [0.15, 0.2) is 0 Å². The maximum absolute atomic E-state index is 4.50. The number of allylic oxidation sites excluding steroid dienone is 2. The van der Waals surface area contributed by atoms with Crippen molar-refractivity contribution in [2.75, 3.05) is 0 Å². The summed E-state index contributed by atoms with van der Waals surface area (Å²) in [5, 5.41) is 0. The molecule has 2 aromatic heterocycles. The lowest BCUT2D eigenvalue weighted by atomic mass is 10.0. The van der Waals surface area contributed by atoms with Crippen LogP contribution < -0.4 is 0 Å². The average Bonchev–Trinajstić information content (AvgIpc) is 3.01. The van der Waals surface area contributed by atoms with Crippen LogP contribution in [0.3, 0.4) is 0 Å². The van der Waals surface area contributed by atoms with Crippen LogP contribution in [0.2, 0.25) is 0 Å². The molecule has 5 heteroatoms. The maximum Gasteiger partial charge on any atom is 0.106 e. The minimum absolute atomic E-state index is 0.833. The summed E-state index contributed by atoms with van der Waals surface area (Å²) in [6, 6.07) is 7.97. The molecule has 0 bridgehead atoms. The first-order valence-corrected chi connectivity index (χ1v) is 7.24. The van der Waals surface area contributed by atoms with Crippen LogP contribution in [-0.2, 0) is 0 Å². The van der Waals surface area contributed by atoms with Gasteiger partial charge in [0.1, 0.15) is 4.62 Å². The van der Waals surface area contributed by atoms with Gasteiger partial charge in [0.05, 0.1) is 10.3 Å². The zero-order chi connectivity index (χ0) is 13.2. The van der Waals surface area contributed by atoms with Crippen LogP contribution in [0.25, 0.3) is 5.57 Å². The van der Waals surface area contributed by atoms with Crippen LogP contribution in [0.5, 0.6) is 0 Å². The largest absolute Gasteiger partial charge is 0.349 e. The van der Waals surface area contributed by atoms with Crippen LogP contribution in [0.4, 0.5) is 0 Å². The lowest BCUT2D eigenvalue weighted by molar-refractivity contribution is 1.27. The van der Waals surface area contributed by atoms with Gasteiger partial charge in [-0.25, -0.2) is 4.99 Å². The molecule has 0 aromatic carbocycles. The highest BCUT2D eigenvalue weighted by atomic mass is 79.9. The van der Waals surface area contributed by atoms with Gasteiger partial charge in [0.25, 0.3) is 0 Å². The Bertz CT molecular complexity index is 696. The van der Waals surface area contributed by atoms with Gasteiger partial charge >= 0.3 is 0 Å². The second-order valence-electron chi connectivity index (χ2n) is 3.98. The molecule has 0 atom stereocenters. The predicted octanol–water partition coefficient (Wildman–Crippen LogP) is 4.29. The number of aromatic amines is 1. The number of nitrogens with one attached hydrogen (secondary N) is 1. The molecule has 94 valence electrons. The highest BCUT2D eigenvalue weighted by Gasteiger charge is 2.14. The van der Waals surface area contributed by atoms with Crippen molar-refractivity contribution in [3.63, 3.8) is 0 Å². The van der Waals surface area contributed by atoms with Crippen molar-refractivity contribution < 1.29 is 0 Å². The standard InChI is InChI=1S/C14H9Br2N3/c15-12-3-1-10(18-12)14(9-5-7-17-8-6-9)11-2-4-13(16)19-11/h1-8,18H.